The van der Waals surface area contributed by atoms with Crippen LogP contribution < -0.4 is 5.32 Å². The van der Waals surface area contributed by atoms with Crippen molar-refractivity contribution in [2.24, 2.45) is 0 Å². The first-order valence-corrected chi connectivity index (χ1v) is 7.14. The van der Waals surface area contributed by atoms with Crippen LogP contribution in [0.25, 0.3) is 0 Å². The summed E-state index contributed by atoms with van der Waals surface area (Å²) in [5, 5.41) is 6.51. The summed E-state index contributed by atoms with van der Waals surface area (Å²) in [5.74, 6) is -0.141. The summed E-state index contributed by atoms with van der Waals surface area (Å²) in [6.45, 7) is 2.42. The van der Waals surface area contributed by atoms with Crippen molar-refractivity contribution < 1.29 is 22.4 Å². The summed E-state index contributed by atoms with van der Waals surface area (Å²) < 4.78 is 51.0. The summed E-state index contributed by atoms with van der Waals surface area (Å²) in [6.07, 6.45) is -1.95. The summed E-state index contributed by atoms with van der Waals surface area (Å²) in [5.41, 5.74) is -2.83. The number of ether oxygens (including phenoxy) is 1. The Morgan fingerprint density at radius 1 is 1.24 bits per heavy atom. The quantitative estimate of drug-likeness (QED) is 0.908. The Kier molecular flexibility index (Phi) is 3.48. The lowest BCUT2D eigenvalue weighted by molar-refractivity contribution is -0.191. The summed E-state index contributed by atoms with van der Waals surface area (Å²) in [4.78, 5) is 4.06. The SMILES string of the molecule is CC1(c2noc(C3(C(F)(F)F)CCNC3)n2)CCCCO1. The molecule has 2 aliphatic heterocycles. The van der Waals surface area contributed by atoms with Crippen molar-refractivity contribution in [2.45, 2.75) is 49.8 Å². The monoisotopic (exact) mass is 305 g/mol. The van der Waals surface area contributed by atoms with Crippen LogP contribution in [0.3, 0.4) is 0 Å². The minimum absolute atomic E-state index is 0.0876. The van der Waals surface area contributed by atoms with Gasteiger partial charge in [-0.3, -0.25) is 0 Å². The number of alkyl halides is 3. The molecule has 2 saturated heterocycles. The Balaban J connectivity index is 1.93. The van der Waals surface area contributed by atoms with Gasteiger partial charge in [0.05, 0.1) is 0 Å². The number of halogens is 3. The van der Waals surface area contributed by atoms with E-state index in [1.807, 2.05) is 0 Å². The first-order valence-electron chi connectivity index (χ1n) is 7.14. The average Bonchev–Trinajstić information content (AvgIpc) is 3.09. The smallest absolute Gasteiger partial charge is 0.367 e. The maximum absolute atomic E-state index is 13.4. The molecule has 21 heavy (non-hydrogen) atoms. The molecule has 2 atom stereocenters. The fraction of sp³-hybridized carbons (Fsp3) is 0.846. The topological polar surface area (TPSA) is 60.2 Å². The van der Waals surface area contributed by atoms with Gasteiger partial charge in [-0.05, 0) is 39.2 Å². The maximum Gasteiger partial charge on any atom is 0.404 e. The van der Waals surface area contributed by atoms with Crippen molar-refractivity contribution in [1.82, 2.24) is 15.5 Å². The van der Waals surface area contributed by atoms with Crippen molar-refractivity contribution in [3.05, 3.63) is 11.7 Å². The predicted octanol–water partition coefficient (Wildman–Crippen LogP) is 2.28. The number of nitrogens with one attached hydrogen (secondary N) is 1. The zero-order valence-corrected chi connectivity index (χ0v) is 11.8. The number of hydrogen-bond acceptors (Lipinski definition) is 5. The number of nitrogens with zero attached hydrogens (tertiary/aromatic N) is 2. The van der Waals surface area contributed by atoms with Gasteiger partial charge >= 0.3 is 6.18 Å². The molecule has 1 aromatic rings. The molecule has 2 unspecified atom stereocenters. The second kappa shape index (κ2) is 4.95. The van der Waals surface area contributed by atoms with Crippen molar-refractivity contribution >= 4 is 0 Å². The van der Waals surface area contributed by atoms with Gasteiger partial charge in [0.15, 0.2) is 5.41 Å². The molecular formula is C13H18F3N3O2. The van der Waals surface area contributed by atoms with Gasteiger partial charge in [0.2, 0.25) is 11.7 Å². The fourth-order valence-electron chi connectivity index (χ4n) is 2.98. The molecule has 0 saturated carbocycles. The molecule has 0 bridgehead atoms. The number of hydrogen-bond donors (Lipinski definition) is 1. The molecule has 3 heterocycles. The Bertz CT molecular complexity index is 503. The molecule has 2 aliphatic rings. The fourth-order valence-corrected chi connectivity index (χ4v) is 2.98. The molecule has 118 valence electrons. The Hall–Kier alpha value is -1.15. The first kappa shape index (κ1) is 14.8. The van der Waals surface area contributed by atoms with Gasteiger partial charge in [0.25, 0.3) is 0 Å². The van der Waals surface area contributed by atoms with Crippen LogP contribution in [-0.2, 0) is 15.8 Å². The molecular weight excluding hydrogens is 287 g/mol. The molecule has 0 aromatic carbocycles. The van der Waals surface area contributed by atoms with Crippen LogP contribution in [0.2, 0.25) is 0 Å². The van der Waals surface area contributed by atoms with Gasteiger partial charge in [-0.2, -0.15) is 18.2 Å². The van der Waals surface area contributed by atoms with E-state index in [0.717, 1.165) is 12.8 Å². The van der Waals surface area contributed by atoms with Gasteiger partial charge in [0.1, 0.15) is 5.60 Å². The Morgan fingerprint density at radius 2 is 2.05 bits per heavy atom. The molecule has 0 spiro atoms. The number of aromatic nitrogens is 2. The summed E-state index contributed by atoms with van der Waals surface area (Å²) in [6, 6.07) is 0. The molecule has 0 radical (unpaired) electrons. The van der Waals surface area contributed by atoms with E-state index in [0.29, 0.717) is 13.0 Å². The van der Waals surface area contributed by atoms with Gasteiger partial charge in [-0.15, -0.1) is 0 Å². The maximum atomic E-state index is 13.4. The van der Waals surface area contributed by atoms with Crippen molar-refractivity contribution in [3.8, 4) is 0 Å². The second-order valence-corrected chi connectivity index (χ2v) is 5.97. The second-order valence-electron chi connectivity index (χ2n) is 5.97. The van der Waals surface area contributed by atoms with Gasteiger partial charge in [0, 0.05) is 13.2 Å². The van der Waals surface area contributed by atoms with Crippen molar-refractivity contribution in [2.75, 3.05) is 19.7 Å². The molecule has 1 N–H and O–H groups in total. The Labute approximate surface area is 120 Å². The Morgan fingerprint density at radius 3 is 2.62 bits per heavy atom. The minimum Gasteiger partial charge on any atom is -0.367 e. The largest absolute Gasteiger partial charge is 0.404 e. The molecule has 0 amide bonds. The highest BCUT2D eigenvalue weighted by Gasteiger charge is 2.61. The zero-order chi connectivity index (χ0) is 15.1. The van der Waals surface area contributed by atoms with Crippen LogP contribution in [0.5, 0.6) is 0 Å². The summed E-state index contributed by atoms with van der Waals surface area (Å²) >= 11 is 0. The van der Waals surface area contributed by atoms with E-state index in [1.165, 1.54) is 0 Å². The third-order valence-electron chi connectivity index (χ3n) is 4.48. The normalized spacial score (nSPS) is 34.3. The third-order valence-corrected chi connectivity index (χ3v) is 4.48. The van der Waals surface area contributed by atoms with E-state index in [4.69, 9.17) is 9.26 Å². The first-order chi connectivity index (χ1) is 9.87. The van der Waals surface area contributed by atoms with Crippen LogP contribution in [0.1, 0.15) is 44.3 Å². The molecule has 1 aromatic heterocycles. The van der Waals surface area contributed by atoms with Gasteiger partial charge in [-0.1, -0.05) is 5.16 Å². The van der Waals surface area contributed by atoms with E-state index in [-0.39, 0.29) is 31.2 Å². The van der Waals surface area contributed by atoms with Crippen LogP contribution in [0.15, 0.2) is 4.52 Å². The molecule has 3 rings (SSSR count). The third kappa shape index (κ3) is 2.34. The predicted molar refractivity (Wildman–Crippen MR) is 66.7 cm³/mol. The van der Waals surface area contributed by atoms with Crippen molar-refractivity contribution in [1.29, 1.82) is 0 Å². The average molecular weight is 305 g/mol. The van der Waals surface area contributed by atoms with E-state index < -0.39 is 17.2 Å². The van der Waals surface area contributed by atoms with Crippen LogP contribution in [0.4, 0.5) is 13.2 Å². The van der Waals surface area contributed by atoms with E-state index in [9.17, 15) is 13.2 Å². The van der Waals surface area contributed by atoms with Gasteiger partial charge < -0.3 is 14.6 Å². The molecule has 0 aliphatic carbocycles. The lowest BCUT2D eigenvalue weighted by Crippen LogP contribution is -2.44. The highest BCUT2D eigenvalue weighted by atomic mass is 19.4. The van der Waals surface area contributed by atoms with E-state index in [1.54, 1.807) is 6.92 Å². The lowest BCUT2D eigenvalue weighted by atomic mass is 9.86. The minimum atomic E-state index is -4.42. The van der Waals surface area contributed by atoms with Gasteiger partial charge in [-0.25, -0.2) is 0 Å². The van der Waals surface area contributed by atoms with E-state index in [2.05, 4.69) is 15.5 Å². The van der Waals surface area contributed by atoms with Crippen LogP contribution in [-0.4, -0.2) is 36.0 Å². The molecule has 2 fully saturated rings. The highest BCUT2D eigenvalue weighted by molar-refractivity contribution is 5.16. The zero-order valence-electron chi connectivity index (χ0n) is 11.8. The standard InChI is InChI=1S/C13H18F3N3O2/c1-11(4-2-3-7-20-11)9-18-10(21-19-9)12(13(14,15)16)5-6-17-8-12/h17H,2-8H2,1H3. The molecule has 5 nitrogen and oxygen atoms in total. The van der Waals surface area contributed by atoms with Crippen LogP contribution >= 0.6 is 0 Å². The van der Waals surface area contributed by atoms with Crippen molar-refractivity contribution in [3.63, 3.8) is 0 Å². The lowest BCUT2D eigenvalue weighted by Gasteiger charge is -2.30. The number of rotatable bonds is 2. The highest BCUT2D eigenvalue weighted by Crippen LogP contribution is 2.45. The van der Waals surface area contributed by atoms with E-state index >= 15 is 0 Å². The summed E-state index contributed by atoms with van der Waals surface area (Å²) in [7, 11) is 0. The van der Waals surface area contributed by atoms with Crippen LogP contribution in [0, 0.1) is 0 Å². The molecule has 8 heteroatoms.